The van der Waals surface area contributed by atoms with Crippen molar-refractivity contribution in [1.29, 1.82) is 0 Å². The lowest BCUT2D eigenvalue weighted by atomic mass is 10.1. The molecule has 1 aliphatic carbocycles. The van der Waals surface area contributed by atoms with Crippen LogP contribution in [0.15, 0.2) is 36.5 Å². The number of hydrogen-bond donors (Lipinski definition) is 0. The molecule has 0 spiro atoms. The van der Waals surface area contributed by atoms with Gasteiger partial charge in [-0.3, -0.25) is 0 Å². The summed E-state index contributed by atoms with van der Waals surface area (Å²) < 4.78 is 0. The highest BCUT2D eigenvalue weighted by Gasteiger charge is 1.86. The van der Waals surface area contributed by atoms with Crippen molar-refractivity contribution < 1.29 is 0 Å². The molecule has 0 atom stereocenters. The maximum absolute atomic E-state index is 2.33. The Morgan fingerprint density at radius 1 is 0.462 bits per heavy atom. The maximum Gasteiger partial charge on any atom is -0.0313 e. The molecule has 1 rings (SSSR count). The molecular weight excluding hydrogens is 156 g/mol. The van der Waals surface area contributed by atoms with Crippen molar-refractivity contribution in [3.63, 3.8) is 0 Å². The molecule has 0 nitrogen and oxygen atoms in total. The van der Waals surface area contributed by atoms with Crippen molar-refractivity contribution >= 4 is 0 Å². The van der Waals surface area contributed by atoms with E-state index in [1.807, 2.05) is 0 Å². The van der Waals surface area contributed by atoms with Crippen LogP contribution in [0.1, 0.15) is 44.9 Å². The maximum atomic E-state index is 2.33. The van der Waals surface area contributed by atoms with Gasteiger partial charge in [0.05, 0.1) is 0 Å². The van der Waals surface area contributed by atoms with Crippen LogP contribution in [0.5, 0.6) is 0 Å². The largest absolute Gasteiger partial charge is 0.0885 e. The molecule has 0 heteroatoms. The smallest absolute Gasteiger partial charge is 0.0313 e. The fourth-order valence-electron chi connectivity index (χ4n) is 1.48. The fraction of sp³-hybridized carbons (Fsp3) is 0.538. The van der Waals surface area contributed by atoms with Gasteiger partial charge in [0.25, 0.3) is 0 Å². The van der Waals surface area contributed by atoms with Crippen molar-refractivity contribution in [2.24, 2.45) is 0 Å². The van der Waals surface area contributed by atoms with Gasteiger partial charge in [0.2, 0.25) is 0 Å². The first-order valence-corrected chi connectivity index (χ1v) is 5.47. The minimum Gasteiger partial charge on any atom is -0.0885 e. The average molecular weight is 176 g/mol. The van der Waals surface area contributed by atoms with Gasteiger partial charge in [-0.25, -0.2) is 0 Å². The van der Waals surface area contributed by atoms with Gasteiger partial charge in [0, 0.05) is 0 Å². The zero-order chi connectivity index (χ0) is 9.19. The molecule has 72 valence electrons. The van der Waals surface area contributed by atoms with Crippen molar-refractivity contribution in [1.82, 2.24) is 0 Å². The normalized spacial score (nSPS) is 25.2. The Hall–Kier alpha value is -0.780. The molecule has 13 heavy (non-hydrogen) atoms. The third-order valence-corrected chi connectivity index (χ3v) is 2.29. The van der Waals surface area contributed by atoms with Gasteiger partial charge in [0.1, 0.15) is 0 Å². The van der Waals surface area contributed by atoms with Gasteiger partial charge in [-0.2, -0.15) is 0 Å². The number of rotatable bonds is 0. The summed E-state index contributed by atoms with van der Waals surface area (Å²) in [5.41, 5.74) is 0. The Bertz CT molecular complexity index is 184. The van der Waals surface area contributed by atoms with Crippen LogP contribution in [0.25, 0.3) is 0 Å². The summed E-state index contributed by atoms with van der Waals surface area (Å²) in [5, 5.41) is 0. The molecule has 0 saturated carbocycles. The first kappa shape index (κ1) is 10.3. The molecule has 0 heterocycles. The summed E-state index contributed by atoms with van der Waals surface area (Å²) in [7, 11) is 0. The topological polar surface area (TPSA) is 0 Å². The van der Waals surface area contributed by atoms with E-state index in [1.54, 1.807) is 0 Å². The minimum atomic E-state index is 1.18. The fourth-order valence-corrected chi connectivity index (χ4v) is 1.48. The Kier molecular flexibility index (Phi) is 6.22. The quantitative estimate of drug-likeness (QED) is 0.480. The van der Waals surface area contributed by atoms with Gasteiger partial charge in [-0.05, 0) is 38.5 Å². The molecule has 0 bridgehead atoms. The Morgan fingerprint density at radius 2 is 1.00 bits per heavy atom. The molecule has 0 aromatic heterocycles. The average Bonchev–Trinajstić information content (AvgIpc) is 2.18. The highest BCUT2D eigenvalue weighted by atomic mass is 13.9. The molecule has 0 N–H and O–H groups in total. The standard InChI is InChI=1S/C13H20/c1-2-4-6-8-10-12-13-11-9-7-5-3-1/h1-4,9,11H,5-8,10,12-13H2/b3-1-,4-2+,11-9?. The highest BCUT2D eigenvalue weighted by Crippen LogP contribution is 2.06. The second-order valence-corrected chi connectivity index (χ2v) is 3.54. The van der Waals surface area contributed by atoms with E-state index in [0.29, 0.717) is 0 Å². The van der Waals surface area contributed by atoms with E-state index in [0.717, 1.165) is 0 Å². The Balaban J connectivity index is 2.28. The third-order valence-electron chi connectivity index (χ3n) is 2.29. The Morgan fingerprint density at radius 3 is 1.85 bits per heavy atom. The number of allylic oxidation sites excluding steroid dienone is 6. The van der Waals surface area contributed by atoms with E-state index in [1.165, 1.54) is 44.9 Å². The van der Waals surface area contributed by atoms with Crippen LogP contribution < -0.4 is 0 Å². The first-order chi connectivity index (χ1) is 6.50. The van der Waals surface area contributed by atoms with Crippen LogP contribution in [-0.4, -0.2) is 0 Å². The summed E-state index contributed by atoms with van der Waals surface area (Å²) in [4.78, 5) is 0. The first-order valence-electron chi connectivity index (χ1n) is 5.47. The summed E-state index contributed by atoms with van der Waals surface area (Å²) in [6.07, 6.45) is 22.5. The molecular formula is C13H20. The molecule has 1 aliphatic rings. The van der Waals surface area contributed by atoms with Crippen LogP contribution >= 0.6 is 0 Å². The Labute approximate surface area is 82.0 Å². The molecule has 0 radical (unpaired) electrons. The van der Waals surface area contributed by atoms with Crippen molar-refractivity contribution in [3.8, 4) is 0 Å². The summed E-state index contributed by atoms with van der Waals surface area (Å²) in [6, 6.07) is 0. The van der Waals surface area contributed by atoms with Crippen LogP contribution in [0, 0.1) is 0 Å². The summed E-state index contributed by atoms with van der Waals surface area (Å²) in [5.74, 6) is 0. The molecule has 0 fully saturated rings. The van der Waals surface area contributed by atoms with E-state index < -0.39 is 0 Å². The molecule has 0 aromatic carbocycles. The van der Waals surface area contributed by atoms with Gasteiger partial charge < -0.3 is 0 Å². The highest BCUT2D eigenvalue weighted by molar-refractivity contribution is 5.03. The zero-order valence-electron chi connectivity index (χ0n) is 8.41. The third kappa shape index (κ3) is 6.39. The second-order valence-electron chi connectivity index (χ2n) is 3.54. The predicted molar refractivity (Wildman–Crippen MR) is 59.7 cm³/mol. The van der Waals surface area contributed by atoms with Gasteiger partial charge in [0.15, 0.2) is 0 Å². The second kappa shape index (κ2) is 7.85. The minimum absolute atomic E-state index is 1.18. The van der Waals surface area contributed by atoms with Crippen LogP contribution in [0.3, 0.4) is 0 Å². The predicted octanol–water partition coefficient (Wildman–Crippen LogP) is 4.40. The summed E-state index contributed by atoms with van der Waals surface area (Å²) in [6.45, 7) is 0. The van der Waals surface area contributed by atoms with E-state index in [2.05, 4.69) is 36.5 Å². The van der Waals surface area contributed by atoms with Crippen LogP contribution in [0.2, 0.25) is 0 Å². The number of hydrogen-bond acceptors (Lipinski definition) is 0. The van der Waals surface area contributed by atoms with Crippen molar-refractivity contribution in [2.45, 2.75) is 44.9 Å². The molecule has 0 amide bonds. The van der Waals surface area contributed by atoms with Crippen LogP contribution in [0.4, 0.5) is 0 Å². The molecule has 0 unspecified atom stereocenters. The van der Waals surface area contributed by atoms with E-state index in [4.69, 9.17) is 0 Å². The van der Waals surface area contributed by atoms with E-state index >= 15 is 0 Å². The lowest BCUT2D eigenvalue weighted by Gasteiger charge is -1.94. The zero-order valence-corrected chi connectivity index (χ0v) is 8.41. The summed E-state index contributed by atoms with van der Waals surface area (Å²) >= 11 is 0. The van der Waals surface area contributed by atoms with E-state index in [9.17, 15) is 0 Å². The van der Waals surface area contributed by atoms with Gasteiger partial charge in [-0.15, -0.1) is 0 Å². The molecule has 0 saturated heterocycles. The van der Waals surface area contributed by atoms with Crippen LogP contribution in [-0.2, 0) is 0 Å². The van der Waals surface area contributed by atoms with Gasteiger partial charge in [-0.1, -0.05) is 42.9 Å². The van der Waals surface area contributed by atoms with Gasteiger partial charge >= 0.3 is 0 Å². The lowest BCUT2D eigenvalue weighted by Crippen LogP contribution is -1.74. The molecule has 0 aromatic rings. The lowest BCUT2D eigenvalue weighted by molar-refractivity contribution is 0.695. The molecule has 0 aliphatic heterocycles. The van der Waals surface area contributed by atoms with Crippen molar-refractivity contribution in [2.75, 3.05) is 0 Å². The monoisotopic (exact) mass is 176 g/mol. The van der Waals surface area contributed by atoms with E-state index in [-0.39, 0.29) is 0 Å². The van der Waals surface area contributed by atoms with Crippen molar-refractivity contribution in [3.05, 3.63) is 36.5 Å². The SMILES string of the molecule is C1=CCCCCC/C=C/C=C\CC1.